The minimum Gasteiger partial charge on any atom is -0.359 e. The SMILES string of the molecule is NS(=O)(=O)c1ccc(CNC(=S)NCc2ccccn2)cc1. The maximum absolute atomic E-state index is 11.2. The highest BCUT2D eigenvalue weighted by molar-refractivity contribution is 7.89. The molecular weight excluding hydrogens is 320 g/mol. The van der Waals surface area contributed by atoms with Crippen molar-refractivity contribution in [3.8, 4) is 0 Å². The summed E-state index contributed by atoms with van der Waals surface area (Å²) in [4.78, 5) is 4.27. The summed E-state index contributed by atoms with van der Waals surface area (Å²) in [5.41, 5.74) is 1.79. The first kappa shape index (κ1) is 16.3. The van der Waals surface area contributed by atoms with Crippen LogP contribution in [0.1, 0.15) is 11.3 Å². The molecule has 0 bridgehead atoms. The third-order valence-electron chi connectivity index (χ3n) is 2.86. The number of thiocarbonyl (C=S) groups is 1. The number of pyridine rings is 1. The predicted molar refractivity (Wildman–Crippen MR) is 88.3 cm³/mol. The fourth-order valence-electron chi connectivity index (χ4n) is 1.72. The van der Waals surface area contributed by atoms with E-state index < -0.39 is 10.0 Å². The van der Waals surface area contributed by atoms with E-state index >= 15 is 0 Å². The topological polar surface area (TPSA) is 97.1 Å². The molecule has 116 valence electrons. The zero-order valence-electron chi connectivity index (χ0n) is 11.7. The van der Waals surface area contributed by atoms with E-state index in [-0.39, 0.29) is 4.90 Å². The molecule has 4 N–H and O–H groups in total. The van der Waals surface area contributed by atoms with E-state index in [4.69, 9.17) is 17.4 Å². The van der Waals surface area contributed by atoms with Gasteiger partial charge in [0.25, 0.3) is 0 Å². The van der Waals surface area contributed by atoms with Crippen molar-refractivity contribution in [2.75, 3.05) is 0 Å². The lowest BCUT2D eigenvalue weighted by Crippen LogP contribution is -2.34. The van der Waals surface area contributed by atoms with Gasteiger partial charge in [-0.25, -0.2) is 13.6 Å². The number of hydrogen-bond acceptors (Lipinski definition) is 4. The first-order chi connectivity index (χ1) is 10.4. The smallest absolute Gasteiger partial charge is 0.238 e. The van der Waals surface area contributed by atoms with Crippen molar-refractivity contribution in [2.45, 2.75) is 18.0 Å². The number of primary sulfonamides is 1. The number of nitrogens with zero attached hydrogens (tertiary/aromatic N) is 1. The van der Waals surface area contributed by atoms with Gasteiger partial charge in [0, 0.05) is 12.7 Å². The van der Waals surface area contributed by atoms with E-state index in [0.717, 1.165) is 11.3 Å². The number of aromatic nitrogens is 1. The molecule has 0 spiro atoms. The van der Waals surface area contributed by atoms with Crippen LogP contribution in [-0.2, 0) is 23.1 Å². The number of sulfonamides is 1. The zero-order valence-corrected chi connectivity index (χ0v) is 13.3. The van der Waals surface area contributed by atoms with Crippen LogP contribution in [0.2, 0.25) is 0 Å². The Morgan fingerprint density at radius 2 is 1.77 bits per heavy atom. The number of benzene rings is 1. The second-order valence-corrected chi connectivity index (χ2v) is 6.52. The van der Waals surface area contributed by atoms with E-state index in [2.05, 4.69) is 15.6 Å². The van der Waals surface area contributed by atoms with Crippen molar-refractivity contribution in [1.29, 1.82) is 0 Å². The van der Waals surface area contributed by atoms with Crippen LogP contribution in [0.5, 0.6) is 0 Å². The Morgan fingerprint density at radius 1 is 1.09 bits per heavy atom. The average Bonchev–Trinajstić information content (AvgIpc) is 2.51. The molecule has 0 aliphatic heterocycles. The highest BCUT2D eigenvalue weighted by atomic mass is 32.2. The van der Waals surface area contributed by atoms with Crippen molar-refractivity contribution in [1.82, 2.24) is 15.6 Å². The monoisotopic (exact) mass is 336 g/mol. The first-order valence-corrected chi connectivity index (χ1v) is 8.44. The summed E-state index contributed by atoms with van der Waals surface area (Å²) in [6.45, 7) is 1.02. The van der Waals surface area contributed by atoms with Gasteiger partial charge in [0.1, 0.15) is 0 Å². The van der Waals surface area contributed by atoms with Crippen LogP contribution < -0.4 is 15.8 Å². The summed E-state index contributed by atoms with van der Waals surface area (Å²) in [5.74, 6) is 0. The summed E-state index contributed by atoms with van der Waals surface area (Å²) in [5, 5.41) is 11.6. The average molecular weight is 336 g/mol. The maximum Gasteiger partial charge on any atom is 0.238 e. The van der Waals surface area contributed by atoms with Gasteiger partial charge in [-0.1, -0.05) is 18.2 Å². The van der Waals surface area contributed by atoms with Gasteiger partial charge >= 0.3 is 0 Å². The molecule has 1 heterocycles. The second-order valence-electron chi connectivity index (χ2n) is 4.55. The molecule has 0 atom stereocenters. The lowest BCUT2D eigenvalue weighted by Gasteiger charge is -2.10. The van der Waals surface area contributed by atoms with Crippen LogP contribution in [0.3, 0.4) is 0 Å². The fraction of sp³-hybridized carbons (Fsp3) is 0.143. The summed E-state index contributed by atoms with van der Waals surface area (Å²) in [7, 11) is -3.66. The molecular formula is C14H16N4O2S2. The molecule has 2 rings (SSSR count). The van der Waals surface area contributed by atoms with Crippen molar-refractivity contribution in [3.05, 3.63) is 59.9 Å². The van der Waals surface area contributed by atoms with Gasteiger partial charge in [-0.2, -0.15) is 0 Å². The van der Waals surface area contributed by atoms with Crippen LogP contribution >= 0.6 is 12.2 Å². The normalized spacial score (nSPS) is 11.0. The Hall–Kier alpha value is -2.03. The number of rotatable bonds is 5. The van der Waals surface area contributed by atoms with Crippen molar-refractivity contribution >= 4 is 27.4 Å². The summed E-state index contributed by atoms with van der Waals surface area (Å²) < 4.78 is 22.3. The van der Waals surface area contributed by atoms with E-state index in [1.165, 1.54) is 12.1 Å². The van der Waals surface area contributed by atoms with Gasteiger partial charge in [-0.05, 0) is 42.0 Å². The van der Waals surface area contributed by atoms with Crippen LogP contribution in [0, 0.1) is 0 Å². The molecule has 0 radical (unpaired) electrons. The highest BCUT2D eigenvalue weighted by Gasteiger charge is 2.06. The minimum absolute atomic E-state index is 0.0899. The lowest BCUT2D eigenvalue weighted by atomic mass is 10.2. The Morgan fingerprint density at radius 3 is 2.36 bits per heavy atom. The Kier molecular flexibility index (Phi) is 5.42. The van der Waals surface area contributed by atoms with Crippen molar-refractivity contribution < 1.29 is 8.42 Å². The van der Waals surface area contributed by atoms with E-state index in [9.17, 15) is 8.42 Å². The molecule has 0 fully saturated rings. The Bertz CT molecular complexity index is 731. The quantitative estimate of drug-likeness (QED) is 0.702. The summed E-state index contributed by atoms with van der Waals surface area (Å²) in [6, 6.07) is 12.0. The van der Waals surface area contributed by atoms with E-state index in [0.29, 0.717) is 18.2 Å². The highest BCUT2D eigenvalue weighted by Crippen LogP contribution is 2.08. The maximum atomic E-state index is 11.2. The molecule has 22 heavy (non-hydrogen) atoms. The molecule has 6 nitrogen and oxygen atoms in total. The molecule has 0 saturated carbocycles. The largest absolute Gasteiger partial charge is 0.359 e. The predicted octanol–water partition coefficient (Wildman–Crippen LogP) is 0.893. The van der Waals surface area contributed by atoms with Crippen molar-refractivity contribution in [3.63, 3.8) is 0 Å². The van der Waals surface area contributed by atoms with Gasteiger partial charge in [-0.15, -0.1) is 0 Å². The third-order valence-corrected chi connectivity index (χ3v) is 4.08. The lowest BCUT2D eigenvalue weighted by molar-refractivity contribution is 0.597. The van der Waals surface area contributed by atoms with Gasteiger partial charge in [-0.3, -0.25) is 4.98 Å². The summed E-state index contributed by atoms with van der Waals surface area (Å²) in [6.07, 6.45) is 1.72. The molecule has 0 amide bonds. The molecule has 1 aromatic carbocycles. The second kappa shape index (κ2) is 7.30. The molecule has 8 heteroatoms. The van der Waals surface area contributed by atoms with E-state index in [1.54, 1.807) is 18.3 Å². The summed E-state index contributed by atoms with van der Waals surface area (Å²) >= 11 is 5.17. The minimum atomic E-state index is -3.66. The van der Waals surface area contributed by atoms with Gasteiger partial charge in [0.15, 0.2) is 5.11 Å². The Balaban J connectivity index is 1.81. The van der Waals surface area contributed by atoms with Gasteiger partial charge < -0.3 is 10.6 Å². The zero-order chi connectivity index (χ0) is 16.0. The van der Waals surface area contributed by atoms with E-state index in [1.807, 2.05) is 18.2 Å². The third kappa shape index (κ3) is 5.06. The van der Waals surface area contributed by atoms with Gasteiger partial charge in [0.05, 0.1) is 17.1 Å². The molecule has 1 aromatic heterocycles. The molecule has 0 aliphatic carbocycles. The number of hydrogen-bond donors (Lipinski definition) is 3. The molecule has 0 unspecified atom stereocenters. The molecule has 0 aliphatic rings. The molecule has 0 saturated heterocycles. The van der Waals surface area contributed by atoms with Crippen molar-refractivity contribution in [2.24, 2.45) is 5.14 Å². The number of nitrogens with two attached hydrogens (primary N) is 1. The Labute approximate surface area is 134 Å². The van der Waals surface area contributed by atoms with Crippen LogP contribution in [0.15, 0.2) is 53.6 Å². The first-order valence-electron chi connectivity index (χ1n) is 6.48. The van der Waals surface area contributed by atoms with Crippen LogP contribution in [0.25, 0.3) is 0 Å². The van der Waals surface area contributed by atoms with Crippen LogP contribution in [-0.4, -0.2) is 18.5 Å². The fourth-order valence-corrected chi connectivity index (χ4v) is 2.38. The number of nitrogens with one attached hydrogen (secondary N) is 2. The van der Waals surface area contributed by atoms with Gasteiger partial charge in [0.2, 0.25) is 10.0 Å². The standard InChI is InChI=1S/C14H16N4O2S2/c15-22(19,20)13-6-4-11(5-7-13)9-17-14(21)18-10-12-3-1-2-8-16-12/h1-8H,9-10H2,(H2,15,19,20)(H2,17,18,21). The van der Waals surface area contributed by atoms with Crippen LogP contribution in [0.4, 0.5) is 0 Å². The molecule has 2 aromatic rings.